The molecule has 2 amide bonds. The number of rotatable bonds is 2. The van der Waals surface area contributed by atoms with E-state index in [1.807, 2.05) is 33.2 Å². The number of hydrogen-bond acceptors (Lipinski definition) is 7. The zero-order chi connectivity index (χ0) is 21.7. The molecule has 2 fully saturated rings. The molecule has 1 aliphatic carbocycles. The van der Waals surface area contributed by atoms with Crippen molar-refractivity contribution in [1.82, 2.24) is 14.9 Å². The number of amides is 2. The predicted molar refractivity (Wildman–Crippen MR) is 121 cm³/mol. The molecule has 0 aromatic carbocycles. The molecule has 0 bridgehead atoms. The fourth-order valence-electron chi connectivity index (χ4n) is 5.23. The molecule has 0 radical (unpaired) electrons. The average Bonchev–Trinajstić information content (AvgIpc) is 3.30. The molecule has 3 aliphatic rings. The van der Waals surface area contributed by atoms with Crippen LogP contribution in [0.25, 0.3) is 0 Å². The number of anilines is 1. The van der Waals surface area contributed by atoms with Crippen molar-refractivity contribution in [3.8, 4) is 0 Å². The third kappa shape index (κ3) is 3.53. The Kier molecular flexibility index (Phi) is 5.63. The molecule has 2 aliphatic heterocycles. The highest BCUT2D eigenvalue weighted by Gasteiger charge is 2.60. The number of aromatic nitrogens is 2. The molecule has 2 atom stereocenters. The van der Waals surface area contributed by atoms with Gasteiger partial charge in [0, 0.05) is 41.0 Å². The Morgan fingerprint density at radius 2 is 2.00 bits per heavy atom. The van der Waals surface area contributed by atoms with Crippen molar-refractivity contribution in [3.05, 3.63) is 11.8 Å². The standard InChI is InChI=1S/C21H32N4O3SSi/c1-20(2,3)28-19(27)24-10-9-15(30)21(17(24)26)11-13-12-22-18(29-4)23-16(13)25(21)14-7-5-6-8-14/h12,14-15H,5-11H2,1-4,30H3/t15?,21-/m0/s1. The lowest BCUT2D eigenvalue weighted by atomic mass is 9.82. The number of hydrogen-bond donors (Lipinski definition) is 0. The van der Waals surface area contributed by atoms with E-state index < -0.39 is 17.2 Å². The molecule has 7 nitrogen and oxygen atoms in total. The number of carbonyl (C=O) groups excluding carboxylic acids is 2. The first kappa shape index (κ1) is 21.6. The van der Waals surface area contributed by atoms with Crippen molar-refractivity contribution in [2.75, 3.05) is 17.7 Å². The molecule has 1 saturated heterocycles. The van der Waals surface area contributed by atoms with Crippen LogP contribution in [0, 0.1) is 0 Å². The Labute approximate surface area is 185 Å². The topological polar surface area (TPSA) is 75.6 Å². The number of ether oxygens (including phenoxy) is 1. The van der Waals surface area contributed by atoms with Crippen molar-refractivity contribution < 1.29 is 14.3 Å². The molecule has 3 heterocycles. The normalized spacial score (nSPS) is 27.2. The van der Waals surface area contributed by atoms with E-state index in [2.05, 4.69) is 9.88 Å². The summed E-state index contributed by atoms with van der Waals surface area (Å²) >= 11 is 1.52. The van der Waals surface area contributed by atoms with E-state index >= 15 is 0 Å². The molecule has 9 heteroatoms. The monoisotopic (exact) mass is 448 g/mol. The van der Waals surface area contributed by atoms with Crippen LogP contribution in [0.4, 0.5) is 10.6 Å². The highest BCUT2D eigenvalue weighted by atomic mass is 32.2. The van der Waals surface area contributed by atoms with E-state index in [1.165, 1.54) is 29.5 Å². The number of piperidine rings is 1. The molecule has 1 saturated carbocycles. The molecule has 1 unspecified atom stereocenters. The number of carbonyl (C=O) groups is 2. The summed E-state index contributed by atoms with van der Waals surface area (Å²) in [7, 11) is 0.882. The summed E-state index contributed by atoms with van der Waals surface area (Å²) in [6.07, 6.45) is 9.19. The average molecular weight is 449 g/mol. The smallest absolute Gasteiger partial charge is 0.417 e. The molecule has 164 valence electrons. The maximum absolute atomic E-state index is 14.0. The van der Waals surface area contributed by atoms with Gasteiger partial charge in [-0.05, 0) is 51.8 Å². The quantitative estimate of drug-likeness (QED) is 0.391. The van der Waals surface area contributed by atoms with Crippen LogP contribution in [0.3, 0.4) is 0 Å². The summed E-state index contributed by atoms with van der Waals surface area (Å²) in [4.78, 5) is 39.9. The highest BCUT2D eigenvalue weighted by molar-refractivity contribution is 7.98. The minimum absolute atomic E-state index is 0.112. The number of nitrogens with zero attached hydrogens (tertiary/aromatic N) is 4. The second-order valence-electron chi connectivity index (χ2n) is 9.74. The fraction of sp³-hybridized carbons (Fsp3) is 0.714. The number of thioether (sulfide) groups is 1. The molecule has 30 heavy (non-hydrogen) atoms. The Morgan fingerprint density at radius 3 is 2.63 bits per heavy atom. The van der Waals surface area contributed by atoms with Crippen molar-refractivity contribution >= 4 is 39.8 Å². The van der Waals surface area contributed by atoms with E-state index in [9.17, 15) is 9.59 Å². The molecule has 1 aromatic rings. The summed E-state index contributed by atoms with van der Waals surface area (Å²) in [5.41, 5.74) is -0.0916. The molecule has 4 rings (SSSR count). The van der Waals surface area contributed by atoms with Gasteiger partial charge >= 0.3 is 6.09 Å². The predicted octanol–water partition coefficient (Wildman–Crippen LogP) is 2.56. The van der Waals surface area contributed by atoms with Gasteiger partial charge in [0.15, 0.2) is 5.16 Å². The van der Waals surface area contributed by atoms with Gasteiger partial charge in [0.1, 0.15) is 17.0 Å². The van der Waals surface area contributed by atoms with Crippen molar-refractivity contribution in [2.24, 2.45) is 0 Å². The lowest BCUT2D eigenvalue weighted by Crippen LogP contribution is -2.67. The van der Waals surface area contributed by atoms with Crippen molar-refractivity contribution in [2.45, 2.75) is 87.2 Å². The van der Waals surface area contributed by atoms with Crippen LogP contribution in [0.1, 0.15) is 58.4 Å². The molecule has 0 N–H and O–H groups in total. The second kappa shape index (κ2) is 7.82. The fourth-order valence-corrected chi connectivity index (χ4v) is 6.55. The van der Waals surface area contributed by atoms with Gasteiger partial charge in [-0.3, -0.25) is 4.79 Å². The largest absolute Gasteiger partial charge is 0.443 e. The lowest BCUT2D eigenvalue weighted by molar-refractivity contribution is -0.139. The number of likely N-dealkylation sites (tertiary alicyclic amines) is 1. The minimum atomic E-state index is -0.732. The summed E-state index contributed by atoms with van der Waals surface area (Å²) in [5, 5.41) is 0.728. The third-order valence-electron chi connectivity index (χ3n) is 6.64. The van der Waals surface area contributed by atoms with Gasteiger partial charge < -0.3 is 9.64 Å². The third-order valence-corrected chi connectivity index (χ3v) is 8.73. The van der Waals surface area contributed by atoms with E-state index in [1.54, 1.807) is 0 Å². The van der Waals surface area contributed by atoms with Gasteiger partial charge in [0.05, 0.1) is 0 Å². The molecule has 1 aromatic heterocycles. The zero-order valence-electron chi connectivity index (χ0n) is 18.6. The van der Waals surface area contributed by atoms with Crippen molar-refractivity contribution in [3.63, 3.8) is 0 Å². The number of imide groups is 1. The van der Waals surface area contributed by atoms with Crippen molar-refractivity contribution in [1.29, 1.82) is 0 Å². The first-order chi connectivity index (χ1) is 14.2. The van der Waals surface area contributed by atoms with Crippen LogP contribution in [0.15, 0.2) is 11.4 Å². The SMILES string of the molecule is CSc1ncc2c(n1)N(C1CCCC1)[C@]1(C2)C(=O)N(C(=O)OC(C)(C)C)CCC1[SiH3]. The van der Waals surface area contributed by atoms with Gasteiger partial charge in [-0.2, -0.15) is 0 Å². The van der Waals surface area contributed by atoms with E-state index in [4.69, 9.17) is 9.72 Å². The lowest BCUT2D eigenvalue weighted by Gasteiger charge is -2.50. The van der Waals surface area contributed by atoms with Crippen LogP contribution < -0.4 is 4.90 Å². The van der Waals surface area contributed by atoms with Crippen LogP contribution in [0.5, 0.6) is 0 Å². The van der Waals surface area contributed by atoms with Crippen LogP contribution in [-0.4, -0.2) is 67.1 Å². The summed E-state index contributed by atoms with van der Waals surface area (Å²) in [5.74, 6) is 0.792. The van der Waals surface area contributed by atoms with Gasteiger partial charge in [-0.15, -0.1) is 0 Å². The maximum atomic E-state index is 14.0. The summed E-state index contributed by atoms with van der Waals surface area (Å²) in [6.45, 7) is 5.93. The molecule has 1 spiro atoms. The van der Waals surface area contributed by atoms with E-state index in [-0.39, 0.29) is 17.5 Å². The van der Waals surface area contributed by atoms with Crippen LogP contribution in [0.2, 0.25) is 5.54 Å². The molecular formula is C21H32N4O3SSi. The number of fused-ring (bicyclic) bond motifs is 1. The second-order valence-corrected chi connectivity index (χ2v) is 11.9. The van der Waals surface area contributed by atoms with E-state index in [0.29, 0.717) is 13.0 Å². The zero-order valence-corrected chi connectivity index (χ0v) is 21.4. The van der Waals surface area contributed by atoms with Crippen LogP contribution in [-0.2, 0) is 16.0 Å². The Hall–Kier alpha value is -1.61. The minimum Gasteiger partial charge on any atom is -0.443 e. The van der Waals surface area contributed by atoms with Crippen LogP contribution >= 0.6 is 11.8 Å². The highest BCUT2D eigenvalue weighted by Crippen LogP contribution is 2.51. The van der Waals surface area contributed by atoms with Gasteiger partial charge in [-0.25, -0.2) is 19.7 Å². The first-order valence-corrected chi connectivity index (χ1v) is 13.3. The first-order valence-electron chi connectivity index (χ1n) is 10.9. The Bertz CT molecular complexity index is 855. The summed E-state index contributed by atoms with van der Waals surface area (Å²) < 4.78 is 5.59. The maximum Gasteiger partial charge on any atom is 0.417 e. The van der Waals surface area contributed by atoms with Gasteiger partial charge in [0.25, 0.3) is 5.91 Å². The summed E-state index contributed by atoms with van der Waals surface area (Å²) in [6, 6.07) is 0.287. The Morgan fingerprint density at radius 1 is 1.30 bits per heavy atom. The van der Waals surface area contributed by atoms with E-state index in [0.717, 1.165) is 46.0 Å². The van der Waals surface area contributed by atoms with Gasteiger partial charge in [0.2, 0.25) is 0 Å². The molecular weight excluding hydrogens is 416 g/mol. The van der Waals surface area contributed by atoms with Gasteiger partial charge in [-0.1, -0.05) is 24.6 Å². The Balaban J connectivity index is 1.77.